The number of hydrogen-bond donors (Lipinski definition) is 4. The molecule has 1 saturated heterocycles. The van der Waals surface area contributed by atoms with Crippen molar-refractivity contribution < 1.29 is 9.59 Å². The zero-order valence-electron chi connectivity index (χ0n) is 11.1. The Bertz CT molecular complexity index is 294. The summed E-state index contributed by atoms with van der Waals surface area (Å²) in [6.45, 7) is 2.31. The van der Waals surface area contributed by atoms with Gasteiger partial charge in [-0.15, -0.1) is 0 Å². The van der Waals surface area contributed by atoms with Crippen LogP contribution in [0.5, 0.6) is 0 Å². The van der Waals surface area contributed by atoms with Crippen molar-refractivity contribution in [3.63, 3.8) is 0 Å². The predicted molar refractivity (Wildman–Crippen MR) is 71.8 cm³/mol. The summed E-state index contributed by atoms with van der Waals surface area (Å²) in [7, 11) is 0. The van der Waals surface area contributed by atoms with E-state index >= 15 is 0 Å². The van der Waals surface area contributed by atoms with E-state index in [-0.39, 0.29) is 24.9 Å². The van der Waals surface area contributed by atoms with Crippen LogP contribution in [0.15, 0.2) is 0 Å². The van der Waals surface area contributed by atoms with Gasteiger partial charge in [0.25, 0.3) is 0 Å². The summed E-state index contributed by atoms with van der Waals surface area (Å²) in [5.41, 5.74) is 22.0. The number of carbonyl (C=O) groups excluding carboxylic acids is 2. The third-order valence-electron chi connectivity index (χ3n) is 3.26. The molecule has 0 aromatic rings. The van der Waals surface area contributed by atoms with Crippen LogP contribution in [0.3, 0.4) is 0 Å². The lowest BCUT2D eigenvalue weighted by molar-refractivity contribution is -0.134. The molecule has 1 aliphatic heterocycles. The Morgan fingerprint density at radius 2 is 1.21 bits per heavy atom. The molecule has 1 rings (SSSR count). The highest BCUT2D eigenvalue weighted by molar-refractivity contribution is 5.83. The summed E-state index contributed by atoms with van der Waals surface area (Å²) in [5, 5.41) is 0. The molecule has 1 heterocycles. The predicted octanol–water partition coefficient (Wildman–Crippen LogP) is -3.38. The molecule has 2 atom stereocenters. The van der Waals surface area contributed by atoms with E-state index < -0.39 is 12.1 Å². The fourth-order valence-corrected chi connectivity index (χ4v) is 2.03. The SMILES string of the molecule is NCC(N)C(=O)N1CCCN(C(=O)C(N)CN)CC1. The van der Waals surface area contributed by atoms with Crippen LogP contribution < -0.4 is 22.9 Å². The Kier molecular flexibility index (Phi) is 6.16. The van der Waals surface area contributed by atoms with Gasteiger partial charge in [-0.05, 0) is 6.42 Å². The van der Waals surface area contributed by atoms with E-state index in [1.165, 1.54) is 0 Å². The normalized spacial score (nSPS) is 19.8. The third kappa shape index (κ3) is 4.13. The van der Waals surface area contributed by atoms with Crippen molar-refractivity contribution in [2.24, 2.45) is 22.9 Å². The van der Waals surface area contributed by atoms with E-state index in [0.717, 1.165) is 0 Å². The number of hydrogen-bond acceptors (Lipinski definition) is 6. The van der Waals surface area contributed by atoms with Gasteiger partial charge in [0.1, 0.15) is 0 Å². The van der Waals surface area contributed by atoms with Crippen LogP contribution in [0, 0.1) is 0 Å². The molecule has 0 bridgehead atoms. The minimum absolute atomic E-state index is 0.121. The van der Waals surface area contributed by atoms with Crippen LogP contribution in [-0.2, 0) is 9.59 Å². The molecule has 19 heavy (non-hydrogen) atoms. The highest BCUT2D eigenvalue weighted by atomic mass is 16.2. The average Bonchev–Trinajstić information content (AvgIpc) is 2.69. The van der Waals surface area contributed by atoms with Crippen LogP contribution in [-0.4, -0.2) is 73.0 Å². The van der Waals surface area contributed by atoms with Gasteiger partial charge in [-0.2, -0.15) is 0 Å². The molecule has 2 unspecified atom stereocenters. The van der Waals surface area contributed by atoms with Crippen molar-refractivity contribution in [2.75, 3.05) is 39.3 Å². The Morgan fingerprint density at radius 1 is 0.842 bits per heavy atom. The van der Waals surface area contributed by atoms with Crippen LogP contribution in [0.2, 0.25) is 0 Å². The molecule has 0 aromatic heterocycles. The molecule has 8 nitrogen and oxygen atoms in total. The zero-order valence-corrected chi connectivity index (χ0v) is 11.1. The van der Waals surface area contributed by atoms with Gasteiger partial charge in [0, 0.05) is 39.3 Å². The first-order chi connectivity index (χ1) is 9.01. The molecule has 8 N–H and O–H groups in total. The molecular weight excluding hydrogens is 248 g/mol. The molecule has 1 fully saturated rings. The van der Waals surface area contributed by atoms with Gasteiger partial charge in [-0.3, -0.25) is 9.59 Å². The third-order valence-corrected chi connectivity index (χ3v) is 3.26. The maximum absolute atomic E-state index is 11.9. The molecule has 0 aliphatic carbocycles. The van der Waals surface area contributed by atoms with Crippen molar-refractivity contribution in [1.82, 2.24) is 9.80 Å². The summed E-state index contributed by atoms with van der Waals surface area (Å²) >= 11 is 0. The average molecular weight is 272 g/mol. The van der Waals surface area contributed by atoms with Gasteiger partial charge in [0.05, 0.1) is 12.1 Å². The first kappa shape index (κ1) is 15.8. The second-order valence-corrected chi connectivity index (χ2v) is 4.69. The number of nitrogens with zero attached hydrogens (tertiary/aromatic N) is 2. The van der Waals surface area contributed by atoms with Crippen molar-refractivity contribution in [3.05, 3.63) is 0 Å². The van der Waals surface area contributed by atoms with Crippen LogP contribution >= 0.6 is 0 Å². The standard InChI is InChI=1S/C11H24N6O2/c12-6-8(14)10(18)16-2-1-3-17(5-4-16)11(19)9(15)7-13/h8-9H,1-7,12-15H2. The minimum Gasteiger partial charge on any atom is -0.339 e. The first-order valence-corrected chi connectivity index (χ1v) is 6.50. The van der Waals surface area contributed by atoms with Crippen molar-refractivity contribution >= 4 is 11.8 Å². The molecule has 0 aromatic carbocycles. The fourth-order valence-electron chi connectivity index (χ4n) is 2.03. The molecule has 0 saturated carbocycles. The Balaban J connectivity index is 2.56. The summed E-state index contributed by atoms with van der Waals surface area (Å²) in [6, 6.07) is -1.35. The molecule has 2 amide bonds. The maximum atomic E-state index is 11.9. The van der Waals surface area contributed by atoms with E-state index in [4.69, 9.17) is 22.9 Å². The second kappa shape index (κ2) is 7.39. The Labute approximate surface area is 113 Å². The molecule has 0 radical (unpaired) electrons. The second-order valence-electron chi connectivity index (χ2n) is 4.69. The quantitative estimate of drug-likeness (QED) is 0.420. The van der Waals surface area contributed by atoms with Crippen molar-refractivity contribution in [2.45, 2.75) is 18.5 Å². The molecule has 8 heteroatoms. The molecular formula is C11H24N6O2. The number of amides is 2. The Hall–Kier alpha value is -1.22. The van der Waals surface area contributed by atoms with Gasteiger partial charge in [0.15, 0.2) is 0 Å². The number of carbonyl (C=O) groups is 2. The van der Waals surface area contributed by atoms with Crippen molar-refractivity contribution in [3.8, 4) is 0 Å². The summed E-state index contributed by atoms with van der Waals surface area (Å²) < 4.78 is 0. The van der Waals surface area contributed by atoms with Crippen LogP contribution in [0.25, 0.3) is 0 Å². The van der Waals surface area contributed by atoms with Crippen LogP contribution in [0.4, 0.5) is 0 Å². The summed E-state index contributed by atoms with van der Waals surface area (Å²) in [4.78, 5) is 27.1. The molecule has 0 spiro atoms. The zero-order chi connectivity index (χ0) is 14.4. The largest absolute Gasteiger partial charge is 0.339 e. The van der Waals surface area contributed by atoms with Gasteiger partial charge < -0.3 is 32.7 Å². The lowest BCUT2D eigenvalue weighted by atomic mass is 10.2. The van der Waals surface area contributed by atoms with Gasteiger partial charge in [0.2, 0.25) is 11.8 Å². The number of nitrogens with two attached hydrogens (primary N) is 4. The lowest BCUT2D eigenvalue weighted by Crippen LogP contribution is -2.50. The van der Waals surface area contributed by atoms with Gasteiger partial charge in [-0.1, -0.05) is 0 Å². The van der Waals surface area contributed by atoms with Crippen LogP contribution in [0.1, 0.15) is 6.42 Å². The van der Waals surface area contributed by atoms with Crippen molar-refractivity contribution in [1.29, 1.82) is 0 Å². The van der Waals surface area contributed by atoms with Gasteiger partial charge in [-0.25, -0.2) is 0 Å². The van der Waals surface area contributed by atoms with E-state index in [1.807, 2.05) is 0 Å². The van der Waals surface area contributed by atoms with E-state index in [0.29, 0.717) is 32.6 Å². The summed E-state index contributed by atoms with van der Waals surface area (Å²) in [5.74, 6) is -0.333. The highest BCUT2D eigenvalue weighted by Gasteiger charge is 2.26. The maximum Gasteiger partial charge on any atom is 0.240 e. The Morgan fingerprint density at radius 3 is 1.53 bits per heavy atom. The monoisotopic (exact) mass is 272 g/mol. The van der Waals surface area contributed by atoms with E-state index in [2.05, 4.69) is 0 Å². The number of rotatable bonds is 4. The highest BCUT2D eigenvalue weighted by Crippen LogP contribution is 2.05. The van der Waals surface area contributed by atoms with E-state index in [1.54, 1.807) is 9.80 Å². The topological polar surface area (TPSA) is 145 Å². The lowest BCUT2D eigenvalue weighted by Gasteiger charge is -2.25. The molecule has 110 valence electrons. The minimum atomic E-state index is -0.673. The smallest absolute Gasteiger partial charge is 0.240 e. The first-order valence-electron chi connectivity index (χ1n) is 6.50. The molecule has 1 aliphatic rings. The van der Waals surface area contributed by atoms with Gasteiger partial charge >= 0.3 is 0 Å². The van der Waals surface area contributed by atoms with E-state index in [9.17, 15) is 9.59 Å². The summed E-state index contributed by atoms with van der Waals surface area (Å²) in [6.07, 6.45) is 0.700. The fraction of sp³-hybridized carbons (Fsp3) is 0.818.